The topological polar surface area (TPSA) is 73.4 Å². The van der Waals surface area contributed by atoms with Crippen molar-refractivity contribution in [1.29, 1.82) is 0 Å². The van der Waals surface area contributed by atoms with E-state index in [-0.39, 0.29) is 0 Å². The van der Waals surface area contributed by atoms with Crippen LogP contribution in [0.2, 0.25) is 0 Å². The number of aryl methyl sites for hydroxylation is 1. The smallest absolute Gasteiger partial charge is 0.147 e. The molecule has 3 N–H and O–H groups in total. The zero-order chi connectivity index (χ0) is 22.4. The summed E-state index contributed by atoms with van der Waals surface area (Å²) in [5.41, 5.74) is 5.12. The van der Waals surface area contributed by atoms with E-state index < -0.39 is 0 Å². The Labute approximate surface area is 192 Å². The lowest BCUT2D eigenvalue weighted by Gasteiger charge is -2.04. The largest absolute Gasteiger partial charge is 0.492 e. The van der Waals surface area contributed by atoms with E-state index in [1.54, 1.807) is 0 Å². The van der Waals surface area contributed by atoms with Gasteiger partial charge in [-0.25, -0.2) is 4.99 Å². The second-order valence-corrected chi connectivity index (χ2v) is 8.50. The monoisotopic (exact) mass is 437 g/mol. The second-order valence-electron chi connectivity index (χ2n) is 8.50. The van der Waals surface area contributed by atoms with Crippen LogP contribution in [-0.2, 0) is 11.2 Å². The van der Waals surface area contributed by atoms with Crippen LogP contribution in [-0.4, -0.2) is 34.0 Å². The Morgan fingerprint density at radius 3 is 2.31 bits per heavy atom. The quantitative estimate of drug-likeness (QED) is 0.261. The summed E-state index contributed by atoms with van der Waals surface area (Å²) in [5.74, 6) is 0.821. The van der Waals surface area contributed by atoms with Crippen LogP contribution in [0.4, 0.5) is 0 Å². The number of rotatable bonds is 16. The van der Waals surface area contributed by atoms with Gasteiger partial charge in [0.05, 0.1) is 18.0 Å². The Morgan fingerprint density at radius 2 is 1.66 bits per heavy atom. The van der Waals surface area contributed by atoms with Gasteiger partial charge in [-0.3, -0.25) is 0 Å². The average molecular weight is 438 g/mol. The predicted octanol–water partition coefficient (Wildman–Crippen LogP) is 6.54. The Hall–Kier alpha value is -2.53. The van der Waals surface area contributed by atoms with Crippen LogP contribution >= 0.6 is 0 Å². The van der Waals surface area contributed by atoms with Gasteiger partial charge in [0.1, 0.15) is 11.5 Å². The van der Waals surface area contributed by atoms with E-state index in [0.717, 1.165) is 41.4 Å². The van der Waals surface area contributed by atoms with E-state index in [0.29, 0.717) is 13.2 Å². The molecule has 2 aromatic rings. The Kier molecular flexibility index (Phi) is 10.4. The van der Waals surface area contributed by atoms with Gasteiger partial charge in [-0.2, -0.15) is 0 Å². The molecule has 0 radical (unpaired) electrons. The van der Waals surface area contributed by atoms with Crippen LogP contribution in [0.25, 0.3) is 6.08 Å². The number of aromatic amines is 2. The zero-order valence-electron chi connectivity index (χ0n) is 19.5. The lowest BCUT2D eigenvalue weighted by molar-refractivity contribution is 0.239. The molecule has 1 aliphatic heterocycles. The average Bonchev–Trinajstić information content (AvgIpc) is 3.55. The molecule has 0 aromatic carbocycles. The number of H-pyrrole nitrogens is 2. The van der Waals surface area contributed by atoms with Crippen molar-refractivity contribution < 1.29 is 9.84 Å². The van der Waals surface area contributed by atoms with E-state index in [1.807, 2.05) is 31.3 Å². The zero-order valence-corrected chi connectivity index (χ0v) is 19.5. The number of unbranched alkanes of at least 4 members (excludes halogenated alkanes) is 9. The van der Waals surface area contributed by atoms with E-state index in [4.69, 9.17) is 14.8 Å². The van der Waals surface area contributed by atoms with Gasteiger partial charge in [0, 0.05) is 30.3 Å². The highest BCUT2D eigenvalue weighted by molar-refractivity contribution is 6.11. The van der Waals surface area contributed by atoms with Crippen LogP contribution in [0, 0.1) is 0 Å². The van der Waals surface area contributed by atoms with Crippen molar-refractivity contribution >= 4 is 11.8 Å². The minimum absolute atomic E-state index is 0.341. The van der Waals surface area contributed by atoms with E-state index in [2.05, 4.69) is 28.2 Å². The van der Waals surface area contributed by atoms with Gasteiger partial charge in [0.2, 0.25) is 0 Å². The standard InChI is InChI=1S/C27H39N3O2/c1-2-32-27-21-25(24-15-13-18-28-24)30-26(27)20-23-17-16-22(29-23)14-11-9-7-5-3-4-6-8-10-12-19-31/h13,15-18,20-21,28-29,31H,2-12,14,19H2,1H3. The van der Waals surface area contributed by atoms with Gasteiger partial charge in [-0.1, -0.05) is 51.4 Å². The summed E-state index contributed by atoms with van der Waals surface area (Å²) in [4.78, 5) is 11.5. The maximum atomic E-state index is 8.79. The summed E-state index contributed by atoms with van der Waals surface area (Å²) >= 11 is 0. The third-order valence-electron chi connectivity index (χ3n) is 5.85. The van der Waals surface area contributed by atoms with Crippen molar-refractivity contribution in [3.8, 4) is 0 Å². The Morgan fingerprint density at radius 1 is 0.938 bits per heavy atom. The molecule has 174 valence electrons. The first-order chi connectivity index (χ1) is 15.8. The number of nitrogens with one attached hydrogen (secondary N) is 2. The molecule has 32 heavy (non-hydrogen) atoms. The molecular formula is C27H39N3O2. The minimum atomic E-state index is 0.341. The van der Waals surface area contributed by atoms with Crippen molar-refractivity contribution in [3.63, 3.8) is 0 Å². The van der Waals surface area contributed by atoms with Gasteiger partial charge >= 0.3 is 0 Å². The van der Waals surface area contributed by atoms with Crippen LogP contribution < -0.4 is 0 Å². The molecule has 2 aromatic heterocycles. The fourth-order valence-corrected chi connectivity index (χ4v) is 4.10. The second kappa shape index (κ2) is 13.8. The number of aliphatic hydroxyl groups is 1. The van der Waals surface area contributed by atoms with Crippen LogP contribution in [0.15, 0.2) is 53.0 Å². The maximum absolute atomic E-state index is 8.79. The first-order valence-electron chi connectivity index (χ1n) is 12.4. The third kappa shape index (κ3) is 7.86. The van der Waals surface area contributed by atoms with Crippen LogP contribution in [0.1, 0.15) is 88.2 Å². The van der Waals surface area contributed by atoms with Crippen molar-refractivity contribution in [2.45, 2.75) is 77.6 Å². The molecule has 5 heteroatoms. The molecule has 3 heterocycles. The molecule has 0 saturated heterocycles. The molecule has 0 atom stereocenters. The molecule has 0 spiro atoms. The number of hydrogen-bond donors (Lipinski definition) is 3. The van der Waals surface area contributed by atoms with E-state index in [1.165, 1.54) is 63.5 Å². The molecule has 1 aliphatic rings. The number of aromatic nitrogens is 2. The summed E-state index contributed by atoms with van der Waals surface area (Å²) in [7, 11) is 0. The summed E-state index contributed by atoms with van der Waals surface area (Å²) in [6, 6.07) is 8.32. The van der Waals surface area contributed by atoms with E-state index in [9.17, 15) is 0 Å². The number of ether oxygens (including phenoxy) is 1. The fraction of sp³-hybridized carbons (Fsp3) is 0.519. The third-order valence-corrected chi connectivity index (χ3v) is 5.85. The molecule has 0 amide bonds. The van der Waals surface area contributed by atoms with Gasteiger partial charge in [-0.05, 0) is 56.5 Å². The molecule has 0 unspecified atom stereocenters. The highest BCUT2D eigenvalue weighted by Gasteiger charge is 2.17. The normalized spacial score (nSPS) is 14.8. The molecule has 5 nitrogen and oxygen atoms in total. The van der Waals surface area contributed by atoms with Crippen molar-refractivity contribution in [1.82, 2.24) is 9.97 Å². The van der Waals surface area contributed by atoms with Gasteiger partial charge in [0.25, 0.3) is 0 Å². The van der Waals surface area contributed by atoms with Gasteiger partial charge in [-0.15, -0.1) is 0 Å². The van der Waals surface area contributed by atoms with Crippen molar-refractivity contribution in [2.24, 2.45) is 4.99 Å². The Balaban J connectivity index is 1.39. The lowest BCUT2D eigenvalue weighted by atomic mass is 10.1. The summed E-state index contributed by atoms with van der Waals surface area (Å²) in [5, 5.41) is 8.79. The van der Waals surface area contributed by atoms with Gasteiger partial charge in [0.15, 0.2) is 0 Å². The van der Waals surface area contributed by atoms with Gasteiger partial charge < -0.3 is 19.8 Å². The number of aliphatic hydroxyl groups excluding tert-OH is 1. The highest BCUT2D eigenvalue weighted by atomic mass is 16.5. The molecule has 0 saturated carbocycles. The molecule has 0 aliphatic carbocycles. The molecule has 0 fully saturated rings. The van der Waals surface area contributed by atoms with Crippen molar-refractivity contribution in [3.05, 3.63) is 65.1 Å². The van der Waals surface area contributed by atoms with E-state index >= 15 is 0 Å². The number of hydrogen-bond acceptors (Lipinski definition) is 3. The SMILES string of the molecule is CCOC1=CC(c2ccc[nH]2)=NC1=Cc1ccc(CCCCCCCCCCCCO)[nH]1. The molecule has 3 rings (SSSR count). The van der Waals surface area contributed by atoms with Crippen LogP contribution in [0.3, 0.4) is 0 Å². The van der Waals surface area contributed by atoms with Crippen LogP contribution in [0.5, 0.6) is 0 Å². The number of nitrogens with zero attached hydrogens (tertiary/aromatic N) is 1. The van der Waals surface area contributed by atoms with Crippen molar-refractivity contribution in [2.75, 3.05) is 13.2 Å². The predicted molar refractivity (Wildman–Crippen MR) is 133 cm³/mol. The highest BCUT2D eigenvalue weighted by Crippen LogP contribution is 2.25. The molecule has 0 bridgehead atoms. The summed E-state index contributed by atoms with van der Waals surface area (Å²) in [6.45, 7) is 2.96. The minimum Gasteiger partial charge on any atom is -0.492 e. The number of aliphatic imine (C=N–C) groups is 1. The Bertz CT molecular complexity index is 875. The first-order valence-corrected chi connectivity index (χ1v) is 12.4. The maximum Gasteiger partial charge on any atom is 0.147 e. The summed E-state index contributed by atoms with van der Waals surface area (Å²) < 4.78 is 5.81. The number of allylic oxidation sites excluding steroid dienone is 1. The molecular weight excluding hydrogens is 398 g/mol. The fourth-order valence-electron chi connectivity index (χ4n) is 4.10. The first kappa shape index (κ1) is 24.1. The lowest BCUT2D eigenvalue weighted by Crippen LogP contribution is -1.94. The summed E-state index contributed by atoms with van der Waals surface area (Å²) in [6.07, 6.45) is 19.7.